The maximum atomic E-state index is 11.2. The third-order valence-corrected chi connectivity index (χ3v) is 1.83. The van der Waals surface area contributed by atoms with E-state index in [1.807, 2.05) is 6.92 Å². The molecule has 1 unspecified atom stereocenters. The van der Waals surface area contributed by atoms with Crippen molar-refractivity contribution in [1.82, 2.24) is 5.32 Å². The molecule has 3 heteroatoms. The predicted molar refractivity (Wildman–Crippen MR) is 48.7 cm³/mol. The third kappa shape index (κ3) is 5.13. The summed E-state index contributed by atoms with van der Waals surface area (Å²) in [6.45, 7) is 4.38. The highest BCUT2D eigenvalue weighted by Crippen LogP contribution is 2.06. The van der Waals surface area contributed by atoms with Gasteiger partial charge in [0.15, 0.2) is 0 Å². The maximum Gasteiger partial charge on any atom is 0.224 e. The first-order chi connectivity index (χ1) is 5.72. The van der Waals surface area contributed by atoms with Gasteiger partial charge in [0.2, 0.25) is 5.91 Å². The van der Waals surface area contributed by atoms with Crippen LogP contribution in [0.3, 0.4) is 0 Å². The quantitative estimate of drug-likeness (QED) is 0.619. The largest absolute Gasteiger partial charge is 0.364 e. The summed E-state index contributed by atoms with van der Waals surface area (Å²) in [5, 5.41) is 2.68. The first-order valence-electron chi connectivity index (χ1n) is 4.49. The normalized spacial score (nSPS) is 12.6. The van der Waals surface area contributed by atoms with E-state index in [9.17, 15) is 4.79 Å². The van der Waals surface area contributed by atoms with Crippen molar-refractivity contribution < 1.29 is 9.53 Å². The Morgan fingerprint density at radius 1 is 1.58 bits per heavy atom. The molecular formula is C9H19NO2. The van der Waals surface area contributed by atoms with Crippen LogP contribution >= 0.6 is 0 Å². The molecule has 0 fully saturated rings. The Kier molecular flexibility index (Phi) is 6.76. The van der Waals surface area contributed by atoms with E-state index in [0.29, 0.717) is 6.73 Å². The lowest BCUT2D eigenvalue weighted by atomic mass is 10.0. The predicted octanol–water partition coefficient (Wildman–Crippen LogP) is 1.53. The monoisotopic (exact) mass is 173 g/mol. The highest BCUT2D eigenvalue weighted by molar-refractivity contribution is 5.77. The lowest BCUT2D eigenvalue weighted by Crippen LogP contribution is -2.30. The first kappa shape index (κ1) is 11.4. The molecule has 0 saturated heterocycles. The summed E-state index contributed by atoms with van der Waals surface area (Å²) in [6.07, 6.45) is 3.22. The Bertz CT molecular complexity index is 126. The second kappa shape index (κ2) is 7.10. The molecule has 0 aromatic rings. The van der Waals surface area contributed by atoms with Crippen LogP contribution in [-0.2, 0) is 9.53 Å². The maximum absolute atomic E-state index is 11.2. The van der Waals surface area contributed by atoms with Crippen molar-refractivity contribution in [3.8, 4) is 0 Å². The Balaban J connectivity index is 3.47. The van der Waals surface area contributed by atoms with Crippen LogP contribution in [-0.4, -0.2) is 19.7 Å². The molecule has 0 heterocycles. The molecule has 0 bridgehead atoms. The van der Waals surface area contributed by atoms with Crippen LogP contribution in [0.1, 0.15) is 33.1 Å². The summed E-state index contributed by atoms with van der Waals surface area (Å²) >= 11 is 0. The molecule has 0 aliphatic rings. The van der Waals surface area contributed by atoms with Crippen molar-refractivity contribution in [3.63, 3.8) is 0 Å². The van der Waals surface area contributed by atoms with Gasteiger partial charge in [0, 0.05) is 13.0 Å². The second-order valence-corrected chi connectivity index (χ2v) is 3.02. The summed E-state index contributed by atoms with van der Waals surface area (Å²) in [6, 6.07) is 0. The van der Waals surface area contributed by atoms with Gasteiger partial charge in [0.05, 0.1) is 0 Å². The van der Waals surface area contributed by atoms with E-state index in [-0.39, 0.29) is 11.8 Å². The Labute approximate surface area is 74.5 Å². The number of unbranched alkanes of at least 4 members (excludes halogenated alkanes) is 1. The van der Waals surface area contributed by atoms with Gasteiger partial charge >= 0.3 is 0 Å². The van der Waals surface area contributed by atoms with Crippen molar-refractivity contribution in [3.05, 3.63) is 0 Å². The SMILES string of the molecule is CCCCC(C)C(=O)NCOC. The zero-order valence-corrected chi connectivity index (χ0v) is 8.22. The van der Waals surface area contributed by atoms with Gasteiger partial charge in [-0.2, -0.15) is 0 Å². The average Bonchev–Trinajstić information content (AvgIpc) is 2.10. The number of carbonyl (C=O) groups is 1. The van der Waals surface area contributed by atoms with Crippen molar-refractivity contribution in [2.24, 2.45) is 5.92 Å². The molecule has 0 radical (unpaired) electrons. The van der Waals surface area contributed by atoms with E-state index < -0.39 is 0 Å². The van der Waals surface area contributed by atoms with Crippen LogP contribution in [0.4, 0.5) is 0 Å². The minimum absolute atomic E-state index is 0.0882. The second-order valence-electron chi connectivity index (χ2n) is 3.02. The van der Waals surface area contributed by atoms with E-state index in [4.69, 9.17) is 4.74 Å². The fourth-order valence-electron chi connectivity index (χ4n) is 0.959. The van der Waals surface area contributed by atoms with Gasteiger partial charge < -0.3 is 10.1 Å². The molecule has 0 saturated carbocycles. The topological polar surface area (TPSA) is 38.3 Å². The smallest absolute Gasteiger partial charge is 0.224 e. The Morgan fingerprint density at radius 2 is 2.25 bits per heavy atom. The fraction of sp³-hybridized carbons (Fsp3) is 0.889. The highest BCUT2D eigenvalue weighted by atomic mass is 16.5. The molecule has 0 aromatic heterocycles. The summed E-state index contributed by atoms with van der Waals surface area (Å²) < 4.78 is 4.74. The molecule has 72 valence electrons. The van der Waals surface area contributed by atoms with Crippen LogP contribution in [0.5, 0.6) is 0 Å². The summed E-state index contributed by atoms with van der Waals surface area (Å²) in [5.41, 5.74) is 0. The Hall–Kier alpha value is -0.570. The molecule has 0 rings (SSSR count). The van der Waals surface area contributed by atoms with Crippen molar-refractivity contribution in [2.45, 2.75) is 33.1 Å². The number of ether oxygens (including phenoxy) is 1. The zero-order valence-electron chi connectivity index (χ0n) is 8.22. The van der Waals surface area contributed by atoms with Gasteiger partial charge in [-0.25, -0.2) is 0 Å². The molecule has 12 heavy (non-hydrogen) atoms. The first-order valence-corrected chi connectivity index (χ1v) is 4.49. The number of rotatable bonds is 6. The van der Waals surface area contributed by atoms with E-state index in [0.717, 1.165) is 19.3 Å². The van der Waals surface area contributed by atoms with Gasteiger partial charge in [0.25, 0.3) is 0 Å². The lowest BCUT2D eigenvalue weighted by molar-refractivity contribution is -0.126. The van der Waals surface area contributed by atoms with Crippen molar-refractivity contribution >= 4 is 5.91 Å². The molecule has 0 aliphatic heterocycles. The van der Waals surface area contributed by atoms with Crippen LogP contribution in [0.15, 0.2) is 0 Å². The van der Waals surface area contributed by atoms with Crippen LogP contribution < -0.4 is 5.32 Å². The van der Waals surface area contributed by atoms with Crippen LogP contribution in [0.2, 0.25) is 0 Å². The molecular weight excluding hydrogens is 154 g/mol. The van der Waals surface area contributed by atoms with Gasteiger partial charge in [0.1, 0.15) is 6.73 Å². The van der Waals surface area contributed by atoms with Crippen LogP contribution in [0, 0.1) is 5.92 Å². The minimum Gasteiger partial charge on any atom is -0.364 e. The molecule has 0 aromatic carbocycles. The minimum atomic E-state index is 0.0882. The average molecular weight is 173 g/mol. The standard InChI is InChI=1S/C9H19NO2/c1-4-5-6-8(2)9(11)10-7-12-3/h8H,4-7H2,1-3H3,(H,10,11). The third-order valence-electron chi connectivity index (χ3n) is 1.83. The fourth-order valence-corrected chi connectivity index (χ4v) is 0.959. The number of nitrogens with one attached hydrogen (secondary N) is 1. The lowest BCUT2D eigenvalue weighted by Gasteiger charge is -2.10. The number of hydrogen-bond donors (Lipinski definition) is 1. The molecule has 1 atom stereocenters. The van der Waals surface area contributed by atoms with E-state index in [1.165, 1.54) is 0 Å². The van der Waals surface area contributed by atoms with Crippen molar-refractivity contribution in [2.75, 3.05) is 13.8 Å². The van der Waals surface area contributed by atoms with Gasteiger partial charge in [-0.05, 0) is 6.42 Å². The van der Waals surface area contributed by atoms with E-state index in [1.54, 1.807) is 7.11 Å². The Morgan fingerprint density at radius 3 is 2.75 bits per heavy atom. The number of hydrogen-bond acceptors (Lipinski definition) is 2. The molecule has 0 spiro atoms. The number of methoxy groups -OCH3 is 1. The van der Waals surface area contributed by atoms with E-state index in [2.05, 4.69) is 12.2 Å². The van der Waals surface area contributed by atoms with Crippen LogP contribution in [0.25, 0.3) is 0 Å². The summed E-state index contributed by atoms with van der Waals surface area (Å²) in [4.78, 5) is 11.2. The molecule has 0 aliphatic carbocycles. The molecule has 1 amide bonds. The van der Waals surface area contributed by atoms with Gasteiger partial charge in [-0.1, -0.05) is 26.7 Å². The van der Waals surface area contributed by atoms with E-state index >= 15 is 0 Å². The number of carbonyl (C=O) groups excluding carboxylic acids is 1. The van der Waals surface area contributed by atoms with Gasteiger partial charge in [-0.3, -0.25) is 4.79 Å². The molecule has 1 N–H and O–H groups in total. The van der Waals surface area contributed by atoms with Gasteiger partial charge in [-0.15, -0.1) is 0 Å². The molecule has 3 nitrogen and oxygen atoms in total. The summed E-state index contributed by atoms with van der Waals surface area (Å²) in [7, 11) is 1.57. The summed E-state index contributed by atoms with van der Waals surface area (Å²) in [5.74, 6) is 0.199. The number of amides is 1. The van der Waals surface area contributed by atoms with Crippen molar-refractivity contribution in [1.29, 1.82) is 0 Å². The zero-order chi connectivity index (χ0) is 9.40. The highest BCUT2D eigenvalue weighted by Gasteiger charge is 2.10.